The molecule has 1 N–H and O–H groups in total. The van der Waals surface area contributed by atoms with Gasteiger partial charge in [-0.3, -0.25) is 0 Å². The normalized spacial score (nSPS) is 11.4. The van der Waals surface area contributed by atoms with Crippen LogP contribution in [0, 0.1) is 6.92 Å². The van der Waals surface area contributed by atoms with Crippen molar-refractivity contribution >= 4 is 17.4 Å². The smallest absolute Gasteiger partial charge is 0.191 e. The van der Waals surface area contributed by atoms with Crippen LogP contribution in [0.3, 0.4) is 0 Å². The van der Waals surface area contributed by atoms with Crippen LogP contribution in [-0.4, -0.2) is 31.2 Å². The van der Waals surface area contributed by atoms with Gasteiger partial charge in [0.1, 0.15) is 11.5 Å². The van der Waals surface area contributed by atoms with E-state index in [-0.39, 0.29) is 0 Å². The van der Waals surface area contributed by atoms with Crippen LogP contribution in [-0.2, 0) is 19.3 Å². The standard InChI is InChI=1S/C14H18N6S/c1-10-4-5-20-8-11(16-12(20)6-10)9-21-14-18-17-13(7-15-2)19(14)3/h4-6,8,15H,7,9H2,1-3H3. The molecular formula is C14H18N6S. The van der Waals surface area contributed by atoms with E-state index in [1.807, 2.05) is 29.3 Å². The SMILES string of the molecule is CNCc1nnc(SCc2cn3ccc(C)cc3n2)n1C. The molecule has 0 atom stereocenters. The number of aromatic nitrogens is 5. The molecule has 0 radical (unpaired) electrons. The summed E-state index contributed by atoms with van der Waals surface area (Å²) < 4.78 is 4.06. The van der Waals surface area contributed by atoms with Crippen molar-refractivity contribution in [2.24, 2.45) is 7.05 Å². The average Bonchev–Trinajstić information content (AvgIpc) is 3.01. The number of hydrogen-bond donors (Lipinski definition) is 1. The minimum Gasteiger partial charge on any atom is -0.313 e. The van der Waals surface area contributed by atoms with Crippen LogP contribution >= 0.6 is 11.8 Å². The van der Waals surface area contributed by atoms with E-state index < -0.39 is 0 Å². The van der Waals surface area contributed by atoms with Crippen LogP contribution in [0.2, 0.25) is 0 Å². The van der Waals surface area contributed by atoms with Gasteiger partial charge in [-0.25, -0.2) is 4.98 Å². The van der Waals surface area contributed by atoms with E-state index in [4.69, 9.17) is 0 Å². The summed E-state index contributed by atoms with van der Waals surface area (Å²) in [5.74, 6) is 1.72. The molecule has 21 heavy (non-hydrogen) atoms. The maximum atomic E-state index is 4.63. The molecule has 110 valence electrons. The fourth-order valence-corrected chi connectivity index (χ4v) is 2.94. The Balaban J connectivity index is 1.74. The number of thioether (sulfide) groups is 1. The lowest BCUT2D eigenvalue weighted by molar-refractivity contribution is 0.682. The van der Waals surface area contributed by atoms with E-state index in [1.165, 1.54) is 5.56 Å². The van der Waals surface area contributed by atoms with Crippen molar-refractivity contribution in [3.63, 3.8) is 0 Å². The summed E-state index contributed by atoms with van der Waals surface area (Å²) in [5.41, 5.74) is 3.25. The number of rotatable bonds is 5. The van der Waals surface area contributed by atoms with Crippen LogP contribution < -0.4 is 5.32 Å². The van der Waals surface area contributed by atoms with E-state index in [1.54, 1.807) is 11.8 Å². The molecule has 3 aromatic heterocycles. The first kappa shape index (κ1) is 14.1. The Labute approximate surface area is 127 Å². The molecule has 0 fully saturated rings. The van der Waals surface area contributed by atoms with E-state index in [2.05, 4.69) is 45.8 Å². The molecule has 0 saturated carbocycles. The highest BCUT2D eigenvalue weighted by Gasteiger charge is 2.10. The van der Waals surface area contributed by atoms with Crippen molar-refractivity contribution in [2.45, 2.75) is 24.4 Å². The first-order valence-corrected chi connectivity index (χ1v) is 7.76. The molecule has 0 unspecified atom stereocenters. The molecule has 0 amide bonds. The number of aryl methyl sites for hydroxylation is 1. The third-order valence-corrected chi connectivity index (χ3v) is 4.33. The summed E-state index contributed by atoms with van der Waals surface area (Å²) in [4.78, 5) is 4.63. The van der Waals surface area contributed by atoms with Gasteiger partial charge in [0.25, 0.3) is 0 Å². The third-order valence-electron chi connectivity index (χ3n) is 3.27. The first-order chi connectivity index (χ1) is 10.2. The van der Waals surface area contributed by atoms with Gasteiger partial charge in [0.15, 0.2) is 5.16 Å². The number of pyridine rings is 1. The molecule has 7 heteroatoms. The zero-order valence-corrected chi connectivity index (χ0v) is 13.2. The van der Waals surface area contributed by atoms with Crippen molar-refractivity contribution in [1.29, 1.82) is 0 Å². The zero-order chi connectivity index (χ0) is 14.8. The van der Waals surface area contributed by atoms with Gasteiger partial charge in [0, 0.05) is 25.2 Å². The molecule has 3 heterocycles. The van der Waals surface area contributed by atoms with Gasteiger partial charge >= 0.3 is 0 Å². The van der Waals surface area contributed by atoms with Crippen LogP contribution in [0.15, 0.2) is 29.7 Å². The second-order valence-electron chi connectivity index (χ2n) is 4.98. The molecule has 0 spiro atoms. The maximum Gasteiger partial charge on any atom is 0.191 e. The van der Waals surface area contributed by atoms with Crippen molar-refractivity contribution in [3.8, 4) is 0 Å². The number of imidazole rings is 1. The summed E-state index contributed by atoms with van der Waals surface area (Å²) in [5, 5.41) is 12.4. The van der Waals surface area contributed by atoms with E-state index >= 15 is 0 Å². The lowest BCUT2D eigenvalue weighted by atomic mass is 10.3. The summed E-state index contributed by atoms with van der Waals surface area (Å²) in [6, 6.07) is 4.17. The second kappa shape index (κ2) is 5.87. The lowest BCUT2D eigenvalue weighted by Crippen LogP contribution is -2.10. The summed E-state index contributed by atoms with van der Waals surface area (Å²) in [6.07, 6.45) is 4.10. The number of fused-ring (bicyclic) bond motifs is 1. The number of nitrogens with one attached hydrogen (secondary N) is 1. The third kappa shape index (κ3) is 2.93. The Morgan fingerprint density at radius 3 is 3.00 bits per heavy atom. The number of hydrogen-bond acceptors (Lipinski definition) is 5. The highest BCUT2D eigenvalue weighted by Crippen LogP contribution is 2.21. The van der Waals surface area contributed by atoms with Gasteiger partial charge in [-0.05, 0) is 31.7 Å². The Hall–Kier alpha value is -1.86. The van der Waals surface area contributed by atoms with E-state index in [0.717, 1.165) is 34.6 Å². The highest BCUT2D eigenvalue weighted by atomic mass is 32.2. The van der Waals surface area contributed by atoms with Gasteiger partial charge in [-0.15, -0.1) is 10.2 Å². The fraction of sp³-hybridized carbons (Fsp3) is 0.357. The molecule has 3 rings (SSSR count). The molecule has 0 aliphatic heterocycles. The topological polar surface area (TPSA) is 60.0 Å². The maximum absolute atomic E-state index is 4.63. The van der Waals surface area contributed by atoms with Crippen molar-refractivity contribution in [1.82, 2.24) is 29.5 Å². The Morgan fingerprint density at radius 2 is 2.19 bits per heavy atom. The molecule has 0 aliphatic carbocycles. The zero-order valence-electron chi connectivity index (χ0n) is 12.4. The van der Waals surface area contributed by atoms with Gasteiger partial charge in [0.2, 0.25) is 0 Å². The quantitative estimate of drug-likeness (QED) is 0.728. The Kier molecular flexibility index (Phi) is 3.94. The molecule has 0 saturated heterocycles. The summed E-state index contributed by atoms with van der Waals surface area (Å²) in [6.45, 7) is 2.80. The van der Waals surface area contributed by atoms with Gasteiger partial charge < -0.3 is 14.3 Å². The van der Waals surface area contributed by atoms with Crippen molar-refractivity contribution in [2.75, 3.05) is 7.05 Å². The molecule has 0 aliphatic rings. The Bertz CT molecular complexity index is 760. The number of nitrogens with zero attached hydrogens (tertiary/aromatic N) is 5. The van der Waals surface area contributed by atoms with Crippen molar-refractivity contribution in [3.05, 3.63) is 41.6 Å². The summed E-state index contributed by atoms with van der Waals surface area (Å²) >= 11 is 1.65. The molecule has 6 nitrogen and oxygen atoms in total. The second-order valence-corrected chi connectivity index (χ2v) is 5.92. The minimum atomic E-state index is 0.720. The molecule has 0 bridgehead atoms. The van der Waals surface area contributed by atoms with Crippen LogP contribution in [0.25, 0.3) is 5.65 Å². The fourth-order valence-electron chi connectivity index (χ4n) is 2.13. The van der Waals surface area contributed by atoms with E-state index in [9.17, 15) is 0 Å². The van der Waals surface area contributed by atoms with Crippen LogP contribution in [0.1, 0.15) is 17.1 Å². The lowest BCUT2D eigenvalue weighted by Gasteiger charge is -2.01. The van der Waals surface area contributed by atoms with Gasteiger partial charge in [-0.1, -0.05) is 11.8 Å². The average molecular weight is 302 g/mol. The highest BCUT2D eigenvalue weighted by molar-refractivity contribution is 7.98. The largest absolute Gasteiger partial charge is 0.313 e. The Morgan fingerprint density at radius 1 is 1.33 bits per heavy atom. The van der Waals surface area contributed by atoms with Crippen LogP contribution in [0.5, 0.6) is 0 Å². The summed E-state index contributed by atoms with van der Waals surface area (Å²) in [7, 11) is 3.89. The monoisotopic (exact) mass is 302 g/mol. The van der Waals surface area contributed by atoms with Gasteiger partial charge in [-0.2, -0.15) is 0 Å². The predicted octanol–water partition coefficient (Wildman–Crippen LogP) is 1.78. The van der Waals surface area contributed by atoms with Crippen LogP contribution in [0.4, 0.5) is 0 Å². The van der Waals surface area contributed by atoms with E-state index in [0.29, 0.717) is 0 Å². The molecular weight excluding hydrogens is 284 g/mol. The first-order valence-electron chi connectivity index (χ1n) is 6.77. The van der Waals surface area contributed by atoms with Gasteiger partial charge in [0.05, 0.1) is 12.2 Å². The van der Waals surface area contributed by atoms with Crippen molar-refractivity contribution < 1.29 is 0 Å². The minimum absolute atomic E-state index is 0.720. The molecule has 0 aromatic carbocycles. The molecule has 3 aromatic rings. The predicted molar refractivity (Wildman–Crippen MR) is 83.3 cm³/mol.